The van der Waals surface area contributed by atoms with Crippen LogP contribution in [0.4, 0.5) is 5.82 Å². The van der Waals surface area contributed by atoms with Gasteiger partial charge in [0.1, 0.15) is 5.82 Å². The highest BCUT2D eigenvalue weighted by atomic mass is 15.1. The Kier molecular flexibility index (Phi) is 4.96. The summed E-state index contributed by atoms with van der Waals surface area (Å²) in [5.41, 5.74) is 2.32. The number of nitrogens with one attached hydrogen (secondary N) is 1. The number of benzene rings is 1. The predicted molar refractivity (Wildman–Crippen MR) is 87.1 cm³/mol. The van der Waals surface area contributed by atoms with Crippen LogP contribution in [0.2, 0.25) is 0 Å². The van der Waals surface area contributed by atoms with E-state index in [0.29, 0.717) is 5.92 Å². The topological polar surface area (TPSA) is 28.2 Å². The molecule has 1 N–H and O–H groups in total. The van der Waals surface area contributed by atoms with Gasteiger partial charge in [-0.2, -0.15) is 0 Å². The van der Waals surface area contributed by atoms with Gasteiger partial charge in [0.2, 0.25) is 0 Å². The molecule has 0 fully saturated rings. The first-order valence-corrected chi connectivity index (χ1v) is 7.42. The maximum absolute atomic E-state index is 4.72. The first-order chi connectivity index (χ1) is 9.63. The van der Waals surface area contributed by atoms with E-state index >= 15 is 0 Å². The molecule has 0 saturated carbocycles. The minimum Gasteiger partial charge on any atom is -0.373 e. The third-order valence-corrected chi connectivity index (χ3v) is 3.50. The second kappa shape index (κ2) is 6.71. The minimum atomic E-state index is 0.682. The Hall–Kier alpha value is -1.61. The van der Waals surface area contributed by atoms with E-state index in [9.17, 15) is 0 Å². The molecular weight excluding hydrogens is 246 g/mol. The lowest BCUT2D eigenvalue weighted by Crippen LogP contribution is -2.27. The van der Waals surface area contributed by atoms with Crippen molar-refractivity contribution in [1.82, 2.24) is 9.88 Å². The highest BCUT2D eigenvalue weighted by Gasteiger charge is 2.11. The lowest BCUT2D eigenvalue weighted by molar-refractivity contribution is 0.248. The van der Waals surface area contributed by atoms with Gasteiger partial charge >= 0.3 is 0 Å². The molecule has 0 aliphatic carbocycles. The number of para-hydroxylation sites is 1. The molecule has 3 nitrogen and oxygen atoms in total. The molecule has 2 rings (SSSR count). The molecule has 3 heteroatoms. The van der Waals surface area contributed by atoms with Crippen LogP contribution < -0.4 is 5.32 Å². The molecule has 0 amide bonds. The van der Waals surface area contributed by atoms with Gasteiger partial charge in [0.05, 0.1) is 5.52 Å². The third-order valence-electron chi connectivity index (χ3n) is 3.50. The first kappa shape index (κ1) is 14.8. The third kappa shape index (κ3) is 3.48. The average molecular weight is 271 g/mol. The van der Waals surface area contributed by atoms with Gasteiger partial charge in [0, 0.05) is 31.1 Å². The molecule has 0 radical (unpaired) electrons. The quantitative estimate of drug-likeness (QED) is 0.867. The monoisotopic (exact) mass is 271 g/mol. The Morgan fingerprint density at radius 2 is 2.00 bits per heavy atom. The van der Waals surface area contributed by atoms with Gasteiger partial charge in [-0.15, -0.1) is 0 Å². The van der Waals surface area contributed by atoms with Crippen molar-refractivity contribution in [3.63, 3.8) is 0 Å². The fourth-order valence-electron chi connectivity index (χ4n) is 2.56. The summed E-state index contributed by atoms with van der Waals surface area (Å²) in [5.74, 6) is 1.67. The van der Waals surface area contributed by atoms with Crippen molar-refractivity contribution in [2.75, 3.05) is 25.5 Å². The number of nitrogens with zero attached hydrogens (tertiary/aromatic N) is 2. The van der Waals surface area contributed by atoms with Gasteiger partial charge in [-0.3, -0.25) is 4.90 Å². The van der Waals surface area contributed by atoms with Crippen LogP contribution in [0.25, 0.3) is 10.9 Å². The van der Waals surface area contributed by atoms with Crippen molar-refractivity contribution in [1.29, 1.82) is 0 Å². The lowest BCUT2D eigenvalue weighted by Gasteiger charge is -2.23. The van der Waals surface area contributed by atoms with Crippen molar-refractivity contribution in [3.8, 4) is 0 Å². The van der Waals surface area contributed by atoms with Crippen molar-refractivity contribution < 1.29 is 0 Å². The van der Waals surface area contributed by atoms with Crippen LogP contribution in [-0.4, -0.2) is 30.0 Å². The number of aromatic nitrogens is 1. The van der Waals surface area contributed by atoms with Crippen molar-refractivity contribution in [3.05, 3.63) is 35.9 Å². The number of hydrogen-bond donors (Lipinski definition) is 1. The average Bonchev–Trinajstić information content (AvgIpc) is 2.45. The summed E-state index contributed by atoms with van der Waals surface area (Å²) < 4.78 is 0. The van der Waals surface area contributed by atoms with E-state index in [0.717, 1.165) is 31.0 Å². The molecule has 1 heterocycles. The Morgan fingerprint density at radius 1 is 1.25 bits per heavy atom. The maximum Gasteiger partial charge on any atom is 0.130 e. The Morgan fingerprint density at radius 3 is 2.65 bits per heavy atom. The number of pyridine rings is 1. The van der Waals surface area contributed by atoms with Crippen LogP contribution in [0.3, 0.4) is 0 Å². The number of anilines is 1. The second-order valence-electron chi connectivity index (χ2n) is 5.66. The summed E-state index contributed by atoms with van der Waals surface area (Å²) >= 11 is 0. The van der Waals surface area contributed by atoms with E-state index in [2.05, 4.69) is 55.3 Å². The van der Waals surface area contributed by atoms with Crippen LogP contribution in [-0.2, 0) is 6.54 Å². The molecule has 108 valence electrons. The van der Waals surface area contributed by atoms with E-state index < -0.39 is 0 Å². The van der Waals surface area contributed by atoms with Crippen molar-refractivity contribution in [2.45, 2.75) is 27.3 Å². The van der Waals surface area contributed by atoms with Crippen LogP contribution in [0.5, 0.6) is 0 Å². The number of hydrogen-bond acceptors (Lipinski definition) is 3. The normalized spacial score (nSPS) is 11.5. The number of rotatable bonds is 6. The zero-order valence-corrected chi connectivity index (χ0v) is 13.0. The number of fused-ring (bicyclic) bond motifs is 1. The van der Waals surface area contributed by atoms with E-state index in [4.69, 9.17) is 4.98 Å². The molecule has 0 saturated heterocycles. The molecule has 0 bridgehead atoms. The molecule has 20 heavy (non-hydrogen) atoms. The van der Waals surface area contributed by atoms with E-state index in [1.54, 1.807) is 0 Å². The van der Waals surface area contributed by atoms with Gasteiger partial charge in [-0.25, -0.2) is 4.98 Å². The zero-order chi connectivity index (χ0) is 14.5. The van der Waals surface area contributed by atoms with Crippen LogP contribution in [0, 0.1) is 5.92 Å². The fourth-order valence-corrected chi connectivity index (χ4v) is 2.56. The van der Waals surface area contributed by atoms with Gasteiger partial charge < -0.3 is 5.32 Å². The second-order valence-corrected chi connectivity index (χ2v) is 5.66. The van der Waals surface area contributed by atoms with Gasteiger partial charge in [-0.1, -0.05) is 39.0 Å². The van der Waals surface area contributed by atoms with E-state index in [-0.39, 0.29) is 0 Å². The zero-order valence-electron chi connectivity index (χ0n) is 13.0. The van der Waals surface area contributed by atoms with Crippen LogP contribution in [0.1, 0.15) is 26.3 Å². The largest absolute Gasteiger partial charge is 0.373 e. The Bertz CT molecular complexity index is 563. The lowest BCUT2D eigenvalue weighted by atomic mass is 10.1. The predicted octanol–water partition coefficient (Wildman–Crippen LogP) is 3.75. The van der Waals surface area contributed by atoms with Crippen molar-refractivity contribution >= 4 is 16.7 Å². The molecular formula is C17H25N3. The van der Waals surface area contributed by atoms with Gasteiger partial charge in [-0.05, 0) is 24.6 Å². The van der Waals surface area contributed by atoms with Crippen LogP contribution >= 0.6 is 0 Å². The summed E-state index contributed by atoms with van der Waals surface area (Å²) in [7, 11) is 1.94. The maximum atomic E-state index is 4.72. The fraction of sp³-hybridized carbons (Fsp3) is 0.471. The van der Waals surface area contributed by atoms with Gasteiger partial charge in [0.25, 0.3) is 0 Å². The Labute approximate surface area is 122 Å². The highest BCUT2D eigenvalue weighted by Crippen LogP contribution is 2.21. The minimum absolute atomic E-state index is 0.682. The van der Waals surface area contributed by atoms with E-state index in [1.807, 2.05) is 13.1 Å². The SMILES string of the molecule is CCN(Cc1cc2ccccc2nc1NC)CC(C)C. The first-order valence-electron chi connectivity index (χ1n) is 7.42. The molecule has 0 unspecified atom stereocenters. The molecule has 0 spiro atoms. The molecule has 0 aliphatic rings. The molecule has 2 aromatic rings. The summed E-state index contributed by atoms with van der Waals surface area (Å²) in [6.45, 7) is 9.87. The summed E-state index contributed by atoms with van der Waals surface area (Å²) in [5, 5.41) is 4.44. The molecule has 1 aromatic heterocycles. The van der Waals surface area contributed by atoms with Crippen LogP contribution in [0.15, 0.2) is 30.3 Å². The molecule has 0 aliphatic heterocycles. The summed E-state index contributed by atoms with van der Waals surface area (Å²) in [6.07, 6.45) is 0. The van der Waals surface area contributed by atoms with E-state index in [1.165, 1.54) is 10.9 Å². The standard InChI is InChI=1S/C17H25N3/c1-5-20(11-13(2)3)12-15-10-14-8-6-7-9-16(14)19-17(15)18-4/h6-10,13H,5,11-12H2,1-4H3,(H,18,19). The molecule has 0 atom stereocenters. The van der Waals surface area contributed by atoms with Crippen molar-refractivity contribution in [2.24, 2.45) is 5.92 Å². The highest BCUT2D eigenvalue weighted by molar-refractivity contribution is 5.81. The smallest absolute Gasteiger partial charge is 0.130 e. The van der Waals surface area contributed by atoms with Gasteiger partial charge in [0.15, 0.2) is 0 Å². The summed E-state index contributed by atoms with van der Waals surface area (Å²) in [6, 6.07) is 10.6. The summed E-state index contributed by atoms with van der Waals surface area (Å²) in [4.78, 5) is 7.19. The molecule has 1 aromatic carbocycles. The Balaban J connectivity index is 2.31.